The van der Waals surface area contributed by atoms with E-state index >= 15 is 0 Å². The third kappa shape index (κ3) is 5.06. The second-order valence-electron chi connectivity index (χ2n) is 3.78. The van der Waals surface area contributed by atoms with Crippen molar-refractivity contribution in [2.45, 2.75) is 20.1 Å². The van der Waals surface area contributed by atoms with E-state index in [4.69, 9.17) is 26.8 Å². The fraction of sp³-hybridized carbons (Fsp3) is 0.462. The number of hydrogen-bond donors (Lipinski definition) is 2. The molecule has 19 heavy (non-hydrogen) atoms. The highest BCUT2D eigenvalue weighted by molar-refractivity contribution is 6.31. The molecule has 0 aliphatic carbocycles. The first-order valence-electron chi connectivity index (χ1n) is 6.14. The monoisotopic (exact) mass is 286 g/mol. The molecule has 1 aromatic rings. The van der Waals surface area contributed by atoms with Crippen LogP contribution in [0.5, 0.6) is 0 Å². The zero-order valence-electron chi connectivity index (χ0n) is 11.1. The van der Waals surface area contributed by atoms with Gasteiger partial charge in [0, 0.05) is 23.9 Å². The van der Waals surface area contributed by atoms with E-state index in [1.807, 2.05) is 13.8 Å². The van der Waals surface area contributed by atoms with Crippen molar-refractivity contribution in [3.05, 3.63) is 28.8 Å². The molecule has 1 aromatic carbocycles. The highest BCUT2D eigenvalue weighted by Gasteiger charge is 2.13. The summed E-state index contributed by atoms with van der Waals surface area (Å²) in [5.74, 6) is -0.279. The number of carbonyl (C=O) groups excluding carboxylic acids is 1. The van der Waals surface area contributed by atoms with Crippen molar-refractivity contribution in [3.63, 3.8) is 0 Å². The molecule has 0 radical (unpaired) electrons. The predicted molar refractivity (Wildman–Crippen MR) is 75.2 cm³/mol. The number of anilines is 1. The molecule has 0 aliphatic heterocycles. The molecular formula is C13H19ClN2O3. The molecular weight excluding hydrogens is 268 g/mol. The maximum absolute atomic E-state index is 11.9. The largest absolute Gasteiger partial charge is 0.398 e. The van der Waals surface area contributed by atoms with E-state index in [0.717, 1.165) is 0 Å². The first-order valence-corrected chi connectivity index (χ1v) is 6.52. The maximum Gasteiger partial charge on any atom is 0.253 e. The molecule has 0 unspecified atom stereocenters. The van der Waals surface area contributed by atoms with Crippen LogP contribution in [0.3, 0.4) is 0 Å². The summed E-state index contributed by atoms with van der Waals surface area (Å²) in [6.45, 7) is 5.03. The number of ether oxygens (including phenoxy) is 2. The summed E-state index contributed by atoms with van der Waals surface area (Å²) in [5, 5.41) is 3.21. The van der Waals surface area contributed by atoms with E-state index in [-0.39, 0.29) is 12.5 Å². The van der Waals surface area contributed by atoms with E-state index in [1.54, 1.807) is 18.2 Å². The average molecular weight is 287 g/mol. The normalized spacial score (nSPS) is 10.7. The van der Waals surface area contributed by atoms with Crippen molar-refractivity contribution in [3.8, 4) is 0 Å². The van der Waals surface area contributed by atoms with E-state index < -0.39 is 6.29 Å². The molecule has 0 heterocycles. The van der Waals surface area contributed by atoms with Gasteiger partial charge in [-0.1, -0.05) is 11.6 Å². The van der Waals surface area contributed by atoms with E-state index in [1.165, 1.54) is 0 Å². The van der Waals surface area contributed by atoms with Crippen LogP contribution in [-0.2, 0) is 9.47 Å². The van der Waals surface area contributed by atoms with Gasteiger partial charge in [-0.25, -0.2) is 0 Å². The molecule has 106 valence electrons. The Hall–Kier alpha value is -1.30. The van der Waals surface area contributed by atoms with Crippen molar-refractivity contribution >= 4 is 23.2 Å². The van der Waals surface area contributed by atoms with Gasteiger partial charge in [-0.2, -0.15) is 0 Å². The van der Waals surface area contributed by atoms with Crippen LogP contribution in [0.1, 0.15) is 24.2 Å². The lowest BCUT2D eigenvalue weighted by Gasteiger charge is -2.17. The van der Waals surface area contributed by atoms with Gasteiger partial charge in [0.2, 0.25) is 0 Å². The number of nitrogens with two attached hydrogens (primary N) is 1. The number of rotatable bonds is 7. The summed E-state index contributed by atoms with van der Waals surface area (Å²) in [5.41, 5.74) is 6.47. The zero-order chi connectivity index (χ0) is 14.3. The van der Waals surface area contributed by atoms with Gasteiger partial charge in [0.1, 0.15) is 0 Å². The first-order chi connectivity index (χ1) is 9.08. The number of nitrogen functional groups attached to an aromatic ring is 1. The number of hydrogen-bond acceptors (Lipinski definition) is 4. The van der Waals surface area contributed by atoms with Gasteiger partial charge >= 0.3 is 0 Å². The van der Waals surface area contributed by atoms with Crippen LogP contribution >= 0.6 is 11.6 Å². The Morgan fingerprint density at radius 1 is 1.37 bits per heavy atom. The SMILES string of the molecule is CCOC(CNC(=O)c1ccc(Cl)cc1N)OCC. The first kappa shape index (κ1) is 15.8. The molecule has 0 saturated carbocycles. The highest BCUT2D eigenvalue weighted by Crippen LogP contribution is 2.17. The van der Waals surface area contributed by atoms with E-state index in [0.29, 0.717) is 29.5 Å². The zero-order valence-corrected chi connectivity index (χ0v) is 11.9. The van der Waals surface area contributed by atoms with Crippen molar-refractivity contribution in [1.29, 1.82) is 0 Å². The fourth-order valence-electron chi connectivity index (χ4n) is 1.55. The van der Waals surface area contributed by atoms with Gasteiger partial charge in [0.05, 0.1) is 12.1 Å². The Kier molecular flexibility index (Phi) is 6.62. The molecule has 0 atom stereocenters. The van der Waals surface area contributed by atoms with Gasteiger partial charge in [-0.05, 0) is 32.0 Å². The number of nitrogens with one attached hydrogen (secondary N) is 1. The minimum absolute atomic E-state index is 0.266. The van der Waals surface area contributed by atoms with Gasteiger partial charge in [0.25, 0.3) is 5.91 Å². The molecule has 0 bridgehead atoms. The summed E-state index contributed by atoms with van der Waals surface area (Å²) in [7, 11) is 0. The van der Waals surface area contributed by atoms with Crippen LogP contribution in [-0.4, -0.2) is 32.0 Å². The van der Waals surface area contributed by atoms with Crippen LogP contribution < -0.4 is 11.1 Å². The Morgan fingerprint density at radius 2 is 2.00 bits per heavy atom. The molecule has 5 nitrogen and oxygen atoms in total. The Morgan fingerprint density at radius 3 is 2.53 bits per heavy atom. The van der Waals surface area contributed by atoms with Crippen molar-refractivity contribution in [2.24, 2.45) is 0 Å². The molecule has 3 N–H and O–H groups in total. The summed E-state index contributed by atoms with van der Waals surface area (Å²) in [4.78, 5) is 11.9. The van der Waals surface area contributed by atoms with Crippen molar-refractivity contribution < 1.29 is 14.3 Å². The Labute approximate surface area is 118 Å². The summed E-state index contributed by atoms with van der Waals surface area (Å²) >= 11 is 5.78. The quantitative estimate of drug-likeness (QED) is 0.594. The van der Waals surface area contributed by atoms with Crippen LogP contribution in [0.4, 0.5) is 5.69 Å². The minimum atomic E-state index is -0.451. The summed E-state index contributed by atoms with van der Waals surface area (Å²) in [6, 6.07) is 4.75. The second-order valence-corrected chi connectivity index (χ2v) is 4.22. The molecule has 0 aliphatic rings. The molecule has 0 spiro atoms. The number of amides is 1. The van der Waals surface area contributed by atoms with Crippen LogP contribution in [0.25, 0.3) is 0 Å². The van der Waals surface area contributed by atoms with Gasteiger partial charge in [-0.15, -0.1) is 0 Å². The molecule has 0 aromatic heterocycles. The number of benzene rings is 1. The van der Waals surface area contributed by atoms with Crippen LogP contribution in [0.2, 0.25) is 5.02 Å². The molecule has 1 amide bonds. The average Bonchev–Trinajstić information content (AvgIpc) is 2.36. The predicted octanol–water partition coefficient (Wildman–Crippen LogP) is 2.05. The number of halogens is 1. The molecule has 6 heteroatoms. The summed E-state index contributed by atoms with van der Waals surface area (Å²) in [6.07, 6.45) is -0.451. The lowest BCUT2D eigenvalue weighted by Crippen LogP contribution is -2.35. The molecule has 1 rings (SSSR count). The van der Waals surface area contributed by atoms with Gasteiger partial charge < -0.3 is 20.5 Å². The third-order valence-electron chi connectivity index (χ3n) is 2.39. The Bertz CT molecular complexity index is 420. The van der Waals surface area contributed by atoms with E-state index in [2.05, 4.69) is 5.32 Å². The molecule has 0 saturated heterocycles. The van der Waals surface area contributed by atoms with Crippen molar-refractivity contribution in [1.82, 2.24) is 5.32 Å². The standard InChI is InChI=1S/C13H19ClN2O3/c1-3-18-12(19-4-2)8-16-13(17)10-6-5-9(14)7-11(10)15/h5-7,12H,3-4,8,15H2,1-2H3,(H,16,17). The van der Waals surface area contributed by atoms with E-state index in [9.17, 15) is 4.79 Å². The van der Waals surface area contributed by atoms with Gasteiger partial charge in [-0.3, -0.25) is 4.79 Å². The van der Waals surface area contributed by atoms with Crippen molar-refractivity contribution in [2.75, 3.05) is 25.5 Å². The Balaban J connectivity index is 2.58. The van der Waals surface area contributed by atoms with Crippen LogP contribution in [0, 0.1) is 0 Å². The second kappa shape index (κ2) is 7.99. The smallest absolute Gasteiger partial charge is 0.253 e. The highest BCUT2D eigenvalue weighted by atomic mass is 35.5. The fourth-order valence-corrected chi connectivity index (χ4v) is 1.73. The summed E-state index contributed by atoms with van der Waals surface area (Å²) < 4.78 is 10.7. The molecule has 0 fully saturated rings. The van der Waals surface area contributed by atoms with Gasteiger partial charge in [0.15, 0.2) is 6.29 Å². The lowest BCUT2D eigenvalue weighted by atomic mass is 10.1. The third-order valence-corrected chi connectivity index (χ3v) is 2.63. The van der Waals surface area contributed by atoms with Crippen LogP contribution in [0.15, 0.2) is 18.2 Å². The topological polar surface area (TPSA) is 73.6 Å². The lowest BCUT2D eigenvalue weighted by molar-refractivity contribution is -0.131. The number of carbonyl (C=O) groups is 1. The minimum Gasteiger partial charge on any atom is -0.398 e. The maximum atomic E-state index is 11.9.